The summed E-state index contributed by atoms with van der Waals surface area (Å²) in [4.78, 5) is 16.8. The van der Waals surface area contributed by atoms with E-state index in [-0.39, 0.29) is 24.2 Å². The fourth-order valence-corrected chi connectivity index (χ4v) is 2.77. The second-order valence-corrected chi connectivity index (χ2v) is 5.68. The highest BCUT2D eigenvalue weighted by molar-refractivity contribution is 7.16. The Kier molecular flexibility index (Phi) is 4.46. The normalized spacial score (nSPS) is 10.8. The van der Waals surface area contributed by atoms with Crippen molar-refractivity contribution in [2.45, 2.75) is 19.8 Å². The standard InChI is InChI=1S/C14H16FN3OS/c1-8(2)13-12(9-3-5-10(15)6-4-9)18-14(20-13)17-11(19)7-16/h3-6,8H,7,16H2,1-2H3,(H,17,18,19). The maximum absolute atomic E-state index is 13.0. The Morgan fingerprint density at radius 3 is 2.60 bits per heavy atom. The maximum atomic E-state index is 13.0. The van der Waals surface area contributed by atoms with Gasteiger partial charge in [0.25, 0.3) is 0 Å². The minimum atomic E-state index is -0.285. The van der Waals surface area contributed by atoms with Crippen molar-refractivity contribution in [3.05, 3.63) is 35.0 Å². The molecule has 2 rings (SSSR count). The molecule has 20 heavy (non-hydrogen) atoms. The van der Waals surface area contributed by atoms with Crippen LogP contribution in [0.1, 0.15) is 24.6 Å². The van der Waals surface area contributed by atoms with E-state index in [1.54, 1.807) is 12.1 Å². The third-order valence-corrected chi connectivity index (χ3v) is 4.00. The fraction of sp³-hybridized carbons (Fsp3) is 0.286. The van der Waals surface area contributed by atoms with Crippen LogP contribution in [0.25, 0.3) is 11.3 Å². The Balaban J connectivity index is 2.40. The maximum Gasteiger partial charge on any atom is 0.239 e. The van der Waals surface area contributed by atoms with Crippen molar-refractivity contribution in [2.75, 3.05) is 11.9 Å². The number of nitrogens with one attached hydrogen (secondary N) is 1. The van der Waals surface area contributed by atoms with Crippen molar-refractivity contribution in [1.82, 2.24) is 4.98 Å². The number of amides is 1. The molecule has 106 valence electrons. The molecule has 0 bridgehead atoms. The number of aromatic nitrogens is 1. The Hall–Kier alpha value is -1.79. The zero-order valence-corrected chi connectivity index (χ0v) is 12.1. The molecule has 0 unspecified atom stereocenters. The van der Waals surface area contributed by atoms with Crippen molar-refractivity contribution in [2.24, 2.45) is 5.73 Å². The van der Waals surface area contributed by atoms with E-state index in [1.165, 1.54) is 23.5 Å². The van der Waals surface area contributed by atoms with Crippen LogP contribution in [-0.4, -0.2) is 17.4 Å². The Bertz CT molecular complexity index is 607. The van der Waals surface area contributed by atoms with E-state index < -0.39 is 0 Å². The predicted molar refractivity (Wildman–Crippen MR) is 79.3 cm³/mol. The highest BCUT2D eigenvalue weighted by Gasteiger charge is 2.16. The summed E-state index contributed by atoms with van der Waals surface area (Å²) in [5.74, 6) is -0.303. The molecule has 0 aliphatic carbocycles. The minimum Gasteiger partial charge on any atom is -0.322 e. The third-order valence-electron chi connectivity index (χ3n) is 2.73. The molecule has 0 atom stereocenters. The Morgan fingerprint density at radius 2 is 2.05 bits per heavy atom. The van der Waals surface area contributed by atoms with Crippen LogP contribution >= 0.6 is 11.3 Å². The highest BCUT2D eigenvalue weighted by Crippen LogP contribution is 2.36. The van der Waals surface area contributed by atoms with Crippen LogP contribution in [0.5, 0.6) is 0 Å². The number of rotatable bonds is 4. The Labute approximate surface area is 120 Å². The molecule has 2 aromatic rings. The number of hydrogen-bond donors (Lipinski definition) is 2. The molecule has 6 heteroatoms. The molecule has 1 aromatic heterocycles. The summed E-state index contributed by atoms with van der Waals surface area (Å²) >= 11 is 1.42. The van der Waals surface area contributed by atoms with Gasteiger partial charge in [0, 0.05) is 10.4 Å². The van der Waals surface area contributed by atoms with Crippen LogP contribution in [0.3, 0.4) is 0 Å². The van der Waals surface area contributed by atoms with Crippen LogP contribution in [0.15, 0.2) is 24.3 Å². The lowest BCUT2D eigenvalue weighted by molar-refractivity contribution is -0.114. The van der Waals surface area contributed by atoms with Crippen molar-refractivity contribution in [1.29, 1.82) is 0 Å². The number of benzene rings is 1. The summed E-state index contributed by atoms with van der Waals surface area (Å²) in [5.41, 5.74) is 6.88. The van der Waals surface area contributed by atoms with Crippen LogP contribution in [0.4, 0.5) is 9.52 Å². The van der Waals surface area contributed by atoms with Crippen LogP contribution in [-0.2, 0) is 4.79 Å². The second kappa shape index (κ2) is 6.11. The molecule has 1 amide bonds. The van der Waals surface area contributed by atoms with Gasteiger partial charge in [-0.1, -0.05) is 13.8 Å². The molecule has 4 nitrogen and oxygen atoms in total. The SMILES string of the molecule is CC(C)c1sc(NC(=O)CN)nc1-c1ccc(F)cc1. The number of carbonyl (C=O) groups excluding carboxylic acids is 1. The lowest BCUT2D eigenvalue weighted by Crippen LogP contribution is -2.21. The van der Waals surface area contributed by atoms with Crippen LogP contribution < -0.4 is 11.1 Å². The summed E-state index contributed by atoms with van der Waals surface area (Å²) in [7, 11) is 0. The third kappa shape index (κ3) is 3.20. The van der Waals surface area contributed by atoms with Gasteiger partial charge in [0.1, 0.15) is 5.82 Å². The Morgan fingerprint density at radius 1 is 1.40 bits per heavy atom. The average Bonchev–Trinajstić information content (AvgIpc) is 2.83. The molecule has 1 heterocycles. The molecule has 0 aliphatic rings. The number of nitrogens with two attached hydrogens (primary N) is 1. The van der Waals surface area contributed by atoms with Gasteiger partial charge in [-0.3, -0.25) is 4.79 Å². The van der Waals surface area contributed by atoms with Crippen molar-refractivity contribution < 1.29 is 9.18 Å². The smallest absolute Gasteiger partial charge is 0.239 e. The molecule has 0 spiro atoms. The fourth-order valence-electron chi connectivity index (χ4n) is 1.76. The van der Waals surface area contributed by atoms with Gasteiger partial charge >= 0.3 is 0 Å². The van der Waals surface area contributed by atoms with Gasteiger partial charge < -0.3 is 11.1 Å². The van der Waals surface area contributed by atoms with E-state index in [4.69, 9.17) is 5.73 Å². The summed E-state index contributed by atoms with van der Waals surface area (Å²) in [5, 5.41) is 3.17. The molecule has 0 saturated carbocycles. The number of nitrogens with zero attached hydrogens (tertiary/aromatic N) is 1. The van der Waals surface area contributed by atoms with E-state index in [0.29, 0.717) is 5.13 Å². The largest absolute Gasteiger partial charge is 0.322 e. The predicted octanol–water partition coefficient (Wildman–Crippen LogP) is 2.97. The quantitative estimate of drug-likeness (QED) is 0.910. The molecule has 3 N–H and O–H groups in total. The van der Waals surface area contributed by atoms with Gasteiger partial charge in [0.15, 0.2) is 5.13 Å². The summed E-state index contributed by atoms with van der Waals surface area (Å²) < 4.78 is 13.0. The van der Waals surface area contributed by atoms with Crippen LogP contribution in [0.2, 0.25) is 0 Å². The minimum absolute atomic E-state index is 0.0809. The molecule has 0 fully saturated rings. The number of anilines is 1. The topological polar surface area (TPSA) is 68.0 Å². The van der Waals surface area contributed by atoms with E-state index in [1.807, 2.05) is 0 Å². The lowest BCUT2D eigenvalue weighted by Gasteiger charge is -2.04. The van der Waals surface area contributed by atoms with Gasteiger partial charge in [-0.2, -0.15) is 0 Å². The number of halogens is 1. The van der Waals surface area contributed by atoms with E-state index in [9.17, 15) is 9.18 Å². The first-order valence-corrected chi connectivity index (χ1v) is 7.09. The lowest BCUT2D eigenvalue weighted by atomic mass is 10.1. The van der Waals surface area contributed by atoms with Gasteiger partial charge in [-0.25, -0.2) is 9.37 Å². The number of carbonyl (C=O) groups is 1. The average molecular weight is 293 g/mol. The van der Waals surface area contributed by atoms with E-state index in [2.05, 4.69) is 24.1 Å². The van der Waals surface area contributed by atoms with Crippen LogP contribution in [0, 0.1) is 5.82 Å². The first-order chi connectivity index (χ1) is 9.51. The van der Waals surface area contributed by atoms with Crippen molar-refractivity contribution >= 4 is 22.4 Å². The van der Waals surface area contributed by atoms with Gasteiger partial charge in [0.2, 0.25) is 5.91 Å². The molecule has 0 aliphatic heterocycles. The number of thiazole rings is 1. The molecule has 0 radical (unpaired) electrons. The summed E-state index contributed by atoms with van der Waals surface area (Å²) in [6.45, 7) is 4.02. The van der Waals surface area contributed by atoms with Crippen molar-refractivity contribution in [3.8, 4) is 11.3 Å². The van der Waals surface area contributed by atoms with Crippen molar-refractivity contribution in [3.63, 3.8) is 0 Å². The summed E-state index contributed by atoms with van der Waals surface area (Å²) in [6.07, 6.45) is 0. The highest BCUT2D eigenvalue weighted by atomic mass is 32.1. The zero-order valence-electron chi connectivity index (χ0n) is 11.3. The number of hydrogen-bond acceptors (Lipinski definition) is 4. The monoisotopic (exact) mass is 293 g/mol. The molecular weight excluding hydrogens is 277 g/mol. The first-order valence-electron chi connectivity index (χ1n) is 6.28. The van der Waals surface area contributed by atoms with Gasteiger partial charge in [-0.05, 0) is 30.2 Å². The first kappa shape index (κ1) is 14.6. The second-order valence-electron chi connectivity index (χ2n) is 4.65. The van der Waals surface area contributed by atoms with Gasteiger partial charge in [-0.15, -0.1) is 11.3 Å². The summed E-state index contributed by atoms with van der Waals surface area (Å²) in [6, 6.07) is 6.17. The molecular formula is C14H16FN3OS. The van der Waals surface area contributed by atoms with E-state index >= 15 is 0 Å². The van der Waals surface area contributed by atoms with E-state index in [0.717, 1.165) is 16.1 Å². The molecule has 0 saturated heterocycles. The molecule has 1 aromatic carbocycles. The zero-order chi connectivity index (χ0) is 14.7. The van der Waals surface area contributed by atoms with Gasteiger partial charge in [0.05, 0.1) is 12.2 Å².